The van der Waals surface area contributed by atoms with Crippen LogP contribution in [-0.2, 0) is 14.3 Å². The molecule has 0 spiro atoms. The second-order valence-electron chi connectivity index (χ2n) is 8.53. The van der Waals surface area contributed by atoms with Crippen LogP contribution in [0, 0.1) is 0 Å². The highest BCUT2D eigenvalue weighted by Crippen LogP contribution is 2.32. The monoisotopic (exact) mass is 557 g/mol. The number of aromatic nitrogens is 2. The van der Waals surface area contributed by atoms with Gasteiger partial charge in [-0.2, -0.15) is 0 Å². The molecule has 2 fully saturated rings. The Morgan fingerprint density at radius 1 is 1.05 bits per heavy atom. The molecule has 3 amide bonds. The summed E-state index contributed by atoms with van der Waals surface area (Å²) >= 11 is 1.13. The standard InChI is InChI=1S/C22H26F3N7O5S/c1-14(33)31-4-6-32(7-5-31)21-29-28-20(38-21)27-19(35)15-2-3-17(37-22(23,24)25)16(12-15)26-18(34)13-30-8-10-36-11-9-30/h2-3,12H,4-11,13H2,1H3,(H,26,34)(H,27,28,35). The fourth-order valence-corrected chi connectivity index (χ4v) is 4.70. The first kappa shape index (κ1) is 27.5. The molecule has 2 aliphatic rings. The molecule has 1 aromatic carbocycles. The zero-order chi connectivity index (χ0) is 27.3. The molecule has 12 nitrogen and oxygen atoms in total. The van der Waals surface area contributed by atoms with Crippen molar-refractivity contribution in [2.45, 2.75) is 13.3 Å². The van der Waals surface area contributed by atoms with Crippen molar-refractivity contribution in [3.8, 4) is 5.75 Å². The molecule has 0 aliphatic carbocycles. The summed E-state index contributed by atoms with van der Waals surface area (Å²) in [6.45, 7) is 5.60. The van der Waals surface area contributed by atoms with Crippen LogP contribution in [-0.4, -0.2) is 103 Å². The summed E-state index contributed by atoms with van der Waals surface area (Å²) in [5.41, 5.74) is -0.317. The van der Waals surface area contributed by atoms with Crippen LogP contribution in [0.3, 0.4) is 0 Å². The van der Waals surface area contributed by atoms with Gasteiger partial charge in [-0.25, -0.2) is 0 Å². The lowest BCUT2D eigenvalue weighted by Gasteiger charge is -2.33. The number of anilines is 3. The van der Waals surface area contributed by atoms with Crippen molar-refractivity contribution in [3.05, 3.63) is 23.8 Å². The summed E-state index contributed by atoms with van der Waals surface area (Å²) in [6.07, 6.45) is -4.99. The molecule has 3 heterocycles. The number of rotatable bonds is 7. The number of nitrogens with one attached hydrogen (secondary N) is 2. The Labute approximate surface area is 219 Å². The first-order chi connectivity index (χ1) is 18.1. The topological polar surface area (TPSA) is 129 Å². The maximum absolute atomic E-state index is 12.9. The van der Waals surface area contributed by atoms with Crippen LogP contribution >= 0.6 is 11.3 Å². The molecular formula is C22H26F3N7O5S. The first-order valence-electron chi connectivity index (χ1n) is 11.7. The van der Waals surface area contributed by atoms with Gasteiger partial charge in [-0.05, 0) is 18.2 Å². The molecule has 38 heavy (non-hydrogen) atoms. The number of hydrogen-bond acceptors (Lipinski definition) is 10. The number of hydrogen-bond donors (Lipinski definition) is 2. The normalized spacial score (nSPS) is 16.7. The Balaban J connectivity index is 1.43. The number of halogens is 3. The number of benzene rings is 1. The highest BCUT2D eigenvalue weighted by atomic mass is 32.1. The fraction of sp³-hybridized carbons (Fsp3) is 0.500. The largest absolute Gasteiger partial charge is 0.573 e. The van der Waals surface area contributed by atoms with Gasteiger partial charge in [0, 0.05) is 51.8 Å². The van der Waals surface area contributed by atoms with Crippen LogP contribution in [0.5, 0.6) is 5.75 Å². The summed E-state index contributed by atoms with van der Waals surface area (Å²) in [6, 6.07) is 3.22. The maximum atomic E-state index is 12.9. The zero-order valence-electron chi connectivity index (χ0n) is 20.4. The summed E-state index contributed by atoms with van der Waals surface area (Å²) in [4.78, 5) is 42.3. The molecule has 1 aromatic heterocycles. The molecule has 0 bridgehead atoms. The third kappa shape index (κ3) is 7.52. The average Bonchev–Trinajstić information content (AvgIpc) is 3.33. The molecule has 2 saturated heterocycles. The van der Waals surface area contributed by atoms with Crippen LogP contribution < -0.4 is 20.3 Å². The maximum Gasteiger partial charge on any atom is 0.573 e. The number of alkyl halides is 3. The molecule has 4 rings (SSSR count). The molecule has 2 N–H and O–H groups in total. The van der Waals surface area contributed by atoms with Crippen molar-refractivity contribution < 1.29 is 37.0 Å². The van der Waals surface area contributed by atoms with E-state index in [4.69, 9.17) is 4.74 Å². The molecule has 0 atom stereocenters. The summed E-state index contributed by atoms with van der Waals surface area (Å²) in [5, 5.41) is 13.8. The van der Waals surface area contributed by atoms with E-state index in [1.54, 1.807) is 9.80 Å². The van der Waals surface area contributed by atoms with E-state index in [-0.39, 0.29) is 28.8 Å². The Morgan fingerprint density at radius 3 is 2.42 bits per heavy atom. The number of amides is 3. The van der Waals surface area contributed by atoms with Crippen molar-refractivity contribution >= 4 is 45.0 Å². The number of morpholine rings is 1. The average molecular weight is 558 g/mol. The Bertz CT molecular complexity index is 1160. The molecule has 206 valence electrons. The molecule has 2 aromatic rings. The van der Waals surface area contributed by atoms with Gasteiger partial charge in [0.15, 0.2) is 5.75 Å². The quantitative estimate of drug-likeness (QED) is 0.522. The van der Waals surface area contributed by atoms with Crippen LogP contribution in [0.25, 0.3) is 0 Å². The minimum Gasteiger partial charge on any atom is -0.404 e. The molecule has 0 saturated carbocycles. The van der Waals surface area contributed by atoms with E-state index in [0.29, 0.717) is 57.6 Å². The van der Waals surface area contributed by atoms with Crippen molar-refractivity contribution in [1.29, 1.82) is 0 Å². The van der Waals surface area contributed by atoms with Crippen LogP contribution in [0.15, 0.2) is 18.2 Å². The predicted octanol–water partition coefficient (Wildman–Crippen LogP) is 1.63. The number of carbonyl (C=O) groups is 3. The second kappa shape index (κ2) is 11.9. The fourth-order valence-electron chi connectivity index (χ4n) is 3.91. The first-order valence-corrected chi connectivity index (χ1v) is 12.5. The molecule has 2 aliphatic heterocycles. The van der Waals surface area contributed by atoms with Gasteiger partial charge in [0.2, 0.25) is 22.1 Å². The lowest BCUT2D eigenvalue weighted by Crippen LogP contribution is -2.48. The highest BCUT2D eigenvalue weighted by molar-refractivity contribution is 7.19. The van der Waals surface area contributed by atoms with E-state index in [0.717, 1.165) is 29.5 Å². The second-order valence-corrected chi connectivity index (χ2v) is 9.49. The molecule has 0 radical (unpaired) electrons. The highest BCUT2D eigenvalue weighted by Gasteiger charge is 2.33. The van der Waals surface area contributed by atoms with Crippen molar-refractivity contribution in [2.75, 3.05) is 74.6 Å². The van der Waals surface area contributed by atoms with Gasteiger partial charge in [0.1, 0.15) is 0 Å². The lowest BCUT2D eigenvalue weighted by molar-refractivity contribution is -0.274. The minimum atomic E-state index is -4.99. The van der Waals surface area contributed by atoms with E-state index >= 15 is 0 Å². The van der Waals surface area contributed by atoms with Crippen molar-refractivity contribution in [1.82, 2.24) is 20.0 Å². The van der Waals surface area contributed by atoms with Gasteiger partial charge in [-0.3, -0.25) is 24.6 Å². The Morgan fingerprint density at radius 2 is 1.76 bits per heavy atom. The van der Waals surface area contributed by atoms with Gasteiger partial charge in [-0.1, -0.05) is 11.3 Å². The number of ether oxygens (including phenoxy) is 2. The summed E-state index contributed by atoms with van der Waals surface area (Å²) in [7, 11) is 0. The van der Waals surface area contributed by atoms with E-state index in [1.165, 1.54) is 6.92 Å². The number of carbonyl (C=O) groups excluding carboxylic acids is 3. The van der Waals surface area contributed by atoms with Crippen molar-refractivity contribution in [3.63, 3.8) is 0 Å². The predicted molar refractivity (Wildman–Crippen MR) is 131 cm³/mol. The van der Waals surface area contributed by atoms with Gasteiger partial charge in [-0.15, -0.1) is 23.4 Å². The number of piperazine rings is 1. The Kier molecular flexibility index (Phi) is 8.63. The Hall–Kier alpha value is -3.50. The van der Waals surface area contributed by atoms with Gasteiger partial charge in [0.25, 0.3) is 5.91 Å². The van der Waals surface area contributed by atoms with E-state index in [2.05, 4.69) is 25.6 Å². The van der Waals surface area contributed by atoms with Crippen LogP contribution in [0.1, 0.15) is 17.3 Å². The lowest BCUT2D eigenvalue weighted by atomic mass is 10.1. The molecule has 0 unspecified atom stereocenters. The van der Waals surface area contributed by atoms with E-state index in [9.17, 15) is 27.6 Å². The van der Waals surface area contributed by atoms with Gasteiger partial charge in [0.05, 0.1) is 25.4 Å². The third-order valence-electron chi connectivity index (χ3n) is 5.84. The smallest absolute Gasteiger partial charge is 0.404 e. The SMILES string of the molecule is CC(=O)N1CCN(c2nnc(NC(=O)c3ccc(OC(F)(F)F)c(NC(=O)CN4CCOCC4)c3)s2)CC1. The molecule has 16 heteroatoms. The van der Waals surface area contributed by atoms with Crippen LogP contribution in [0.2, 0.25) is 0 Å². The summed E-state index contributed by atoms with van der Waals surface area (Å²) in [5.74, 6) is -1.86. The third-order valence-corrected chi connectivity index (χ3v) is 6.74. The zero-order valence-corrected chi connectivity index (χ0v) is 21.2. The minimum absolute atomic E-state index is 0.00169. The van der Waals surface area contributed by atoms with Gasteiger partial charge < -0.3 is 24.6 Å². The van der Waals surface area contributed by atoms with Gasteiger partial charge >= 0.3 is 6.36 Å². The van der Waals surface area contributed by atoms with E-state index < -0.39 is 23.9 Å². The van der Waals surface area contributed by atoms with E-state index in [1.807, 2.05) is 4.90 Å². The van der Waals surface area contributed by atoms with Crippen LogP contribution in [0.4, 0.5) is 29.1 Å². The van der Waals surface area contributed by atoms with Crippen molar-refractivity contribution in [2.24, 2.45) is 0 Å². The molecular weight excluding hydrogens is 531 g/mol. The summed E-state index contributed by atoms with van der Waals surface area (Å²) < 4.78 is 48.0. The number of nitrogens with zero attached hydrogens (tertiary/aromatic N) is 5.